The highest BCUT2D eigenvalue weighted by Gasteiger charge is 2.18. The lowest BCUT2D eigenvalue weighted by Gasteiger charge is -2.24. The standard InChI is InChI=1S/C14H19Br/c1-5-11-7-6-8-13(14(2,3)4)12(11)9-10-15/h5-8H,1,9-10H2,2-4H3. The zero-order chi connectivity index (χ0) is 11.5. The average Bonchev–Trinajstić information content (AvgIpc) is 2.17. The molecule has 82 valence electrons. The Bertz CT molecular complexity index is 345. The van der Waals surface area contributed by atoms with Crippen molar-refractivity contribution in [1.29, 1.82) is 0 Å². The summed E-state index contributed by atoms with van der Waals surface area (Å²) >= 11 is 3.52. The van der Waals surface area contributed by atoms with Gasteiger partial charge in [-0.1, -0.05) is 67.6 Å². The molecule has 0 saturated carbocycles. The molecule has 0 amide bonds. The highest BCUT2D eigenvalue weighted by molar-refractivity contribution is 9.09. The number of halogens is 1. The second kappa shape index (κ2) is 4.98. The Morgan fingerprint density at radius 3 is 2.47 bits per heavy atom. The molecule has 0 aromatic heterocycles. The Hall–Kier alpha value is -0.560. The van der Waals surface area contributed by atoms with E-state index in [9.17, 15) is 0 Å². The lowest BCUT2D eigenvalue weighted by molar-refractivity contribution is 0.583. The molecule has 0 aliphatic carbocycles. The SMILES string of the molecule is C=Cc1cccc(C(C)(C)C)c1CCBr. The van der Waals surface area contributed by atoms with E-state index in [-0.39, 0.29) is 5.41 Å². The molecular formula is C14H19Br. The van der Waals surface area contributed by atoms with Crippen LogP contribution < -0.4 is 0 Å². The van der Waals surface area contributed by atoms with Crippen LogP contribution in [0, 0.1) is 0 Å². The molecule has 15 heavy (non-hydrogen) atoms. The van der Waals surface area contributed by atoms with Crippen LogP contribution in [0.25, 0.3) is 6.08 Å². The first-order valence-corrected chi connectivity index (χ1v) is 6.43. The average molecular weight is 267 g/mol. The third-order valence-corrected chi connectivity index (χ3v) is 2.98. The normalized spacial score (nSPS) is 11.5. The van der Waals surface area contributed by atoms with Crippen LogP contribution in [0.1, 0.15) is 37.5 Å². The van der Waals surface area contributed by atoms with Crippen molar-refractivity contribution in [2.75, 3.05) is 5.33 Å². The van der Waals surface area contributed by atoms with E-state index in [2.05, 4.69) is 61.5 Å². The summed E-state index contributed by atoms with van der Waals surface area (Å²) in [5, 5.41) is 1.00. The van der Waals surface area contributed by atoms with Crippen molar-refractivity contribution in [3.8, 4) is 0 Å². The number of hydrogen-bond acceptors (Lipinski definition) is 0. The zero-order valence-electron chi connectivity index (χ0n) is 9.81. The van der Waals surface area contributed by atoms with Gasteiger partial charge in [0.2, 0.25) is 0 Å². The van der Waals surface area contributed by atoms with Crippen molar-refractivity contribution in [2.24, 2.45) is 0 Å². The van der Waals surface area contributed by atoms with Gasteiger partial charge in [0.05, 0.1) is 0 Å². The minimum atomic E-state index is 0.205. The first-order chi connectivity index (χ1) is 7.00. The van der Waals surface area contributed by atoms with E-state index in [1.54, 1.807) is 0 Å². The van der Waals surface area contributed by atoms with Gasteiger partial charge in [0.25, 0.3) is 0 Å². The number of alkyl halides is 1. The predicted octanol–water partition coefficient (Wildman–Crippen LogP) is 4.56. The van der Waals surface area contributed by atoms with Crippen LogP contribution in [0.5, 0.6) is 0 Å². The van der Waals surface area contributed by atoms with Gasteiger partial charge < -0.3 is 0 Å². The Morgan fingerprint density at radius 2 is 2.00 bits per heavy atom. The first-order valence-electron chi connectivity index (χ1n) is 5.31. The molecule has 1 heteroatoms. The van der Waals surface area contributed by atoms with E-state index in [0.29, 0.717) is 0 Å². The number of hydrogen-bond donors (Lipinski definition) is 0. The summed E-state index contributed by atoms with van der Waals surface area (Å²) in [6.45, 7) is 10.7. The molecular weight excluding hydrogens is 248 g/mol. The molecule has 1 aromatic rings. The van der Waals surface area contributed by atoms with Gasteiger partial charge in [0.15, 0.2) is 0 Å². The Balaban J connectivity index is 3.31. The highest BCUT2D eigenvalue weighted by Crippen LogP contribution is 2.29. The molecule has 0 heterocycles. The lowest BCUT2D eigenvalue weighted by atomic mass is 9.81. The fourth-order valence-electron chi connectivity index (χ4n) is 1.87. The first kappa shape index (κ1) is 12.5. The van der Waals surface area contributed by atoms with Crippen molar-refractivity contribution < 1.29 is 0 Å². The maximum Gasteiger partial charge on any atom is 0.00721 e. The van der Waals surface area contributed by atoms with Gasteiger partial charge in [0, 0.05) is 5.33 Å². The Labute approximate surface area is 102 Å². The lowest BCUT2D eigenvalue weighted by Crippen LogP contribution is -2.15. The molecule has 0 N–H and O–H groups in total. The highest BCUT2D eigenvalue weighted by atomic mass is 79.9. The molecule has 1 rings (SSSR count). The molecule has 0 radical (unpaired) electrons. The fraction of sp³-hybridized carbons (Fsp3) is 0.429. The quantitative estimate of drug-likeness (QED) is 0.704. The minimum absolute atomic E-state index is 0.205. The maximum absolute atomic E-state index is 3.88. The summed E-state index contributed by atoms with van der Waals surface area (Å²) in [6, 6.07) is 6.49. The minimum Gasteiger partial charge on any atom is -0.0985 e. The molecule has 0 atom stereocenters. The van der Waals surface area contributed by atoms with Crippen molar-refractivity contribution >= 4 is 22.0 Å². The zero-order valence-corrected chi connectivity index (χ0v) is 11.4. The van der Waals surface area contributed by atoms with Gasteiger partial charge in [-0.05, 0) is 28.5 Å². The van der Waals surface area contributed by atoms with Crippen LogP contribution in [0.4, 0.5) is 0 Å². The molecule has 0 aliphatic heterocycles. The van der Waals surface area contributed by atoms with Crippen LogP contribution in [0.3, 0.4) is 0 Å². The van der Waals surface area contributed by atoms with Gasteiger partial charge in [-0.3, -0.25) is 0 Å². The van der Waals surface area contributed by atoms with Crippen LogP contribution in [0.2, 0.25) is 0 Å². The predicted molar refractivity (Wildman–Crippen MR) is 72.7 cm³/mol. The number of benzene rings is 1. The van der Waals surface area contributed by atoms with Crippen molar-refractivity contribution in [2.45, 2.75) is 32.6 Å². The van der Waals surface area contributed by atoms with E-state index in [1.165, 1.54) is 16.7 Å². The molecule has 0 aliphatic rings. The molecule has 0 fully saturated rings. The summed E-state index contributed by atoms with van der Waals surface area (Å²) in [4.78, 5) is 0. The second-order valence-corrected chi connectivity index (χ2v) is 5.56. The summed E-state index contributed by atoms with van der Waals surface area (Å²) in [5.74, 6) is 0. The van der Waals surface area contributed by atoms with E-state index in [4.69, 9.17) is 0 Å². The van der Waals surface area contributed by atoms with Gasteiger partial charge in [0.1, 0.15) is 0 Å². The van der Waals surface area contributed by atoms with Gasteiger partial charge in [-0.25, -0.2) is 0 Å². The van der Waals surface area contributed by atoms with E-state index >= 15 is 0 Å². The van der Waals surface area contributed by atoms with Gasteiger partial charge in [-0.15, -0.1) is 0 Å². The fourth-order valence-corrected chi connectivity index (χ4v) is 2.27. The van der Waals surface area contributed by atoms with Crippen molar-refractivity contribution in [3.63, 3.8) is 0 Å². The Kier molecular flexibility index (Phi) is 4.15. The summed E-state index contributed by atoms with van der Waals surface area (Å²) in [7, 11) is 0. The van der Waals surface area contributed by atoms with Crippen molar-refractivity contribution in [3.05, 3.63) is 41.5 Å². The Morgan fingerprint density at radius 1 is 1.33 bits per heavy atom. The molecule has 1 aromatic carbocycles. The second-order valence-electron chi connectivity index (χ2n) is 4.77. The third kappa shape index (κ3) is 2.94. The largest absolute Gasteiger partial charge is 0.0985 e. The molecule has 0 nitrogen and oxygen atoms in total. The number of rotatable bonds is 3. The maximum atomic E-state index is 3.88. The molecule has 0 spiro atoms. The summed E-state index contributed by atoms with van der Waals surface area (Å²) in [5.41, 5.74) is 4.33. The van der Waals surface area contributed by atoms with Crippen LogP contribution in [0.15, 0.2) is 24.8 Å². The molecule has 0 unspecified atom stereocenters. The van der Waals surface area contributed by atoms with E-state index < -0.39 is 0 Å². The van der Waals surface area contributed by atoms with Crippen LogP contribution in [-0.4, -0.2) is 5.33 Å². The van der Waals surface area contributed by atoms with E-state index in [1.807, 2.05) is 6.08 Å². The summed E-state index contributed by atoms with van der Waals surface area (Å²) in [6.07, 6.45) is 3.02. The van der Waals surface area contributed by atoms with Gasteiger partial charge >= 0.3 is 0 Å². The van der Waals surface area contributed by atoms with Crippen LogP contribution >= 0.6 is 15.9 Å². The third-order valence-electron chi connectivity index (χ3n) is 2.58. The van der Waals surface area contributed by atoms with Gasteiger partial charge in [-0.2, -0.15) is 0 Å². The molecule has 0 bridgehead atoms. The smallest absolute Gasteiger partial charge is 0.00721 e. The van der Waals surface area contributed by atoms with Crippen LogP contribution in [-0.2, 0) is 11.8 Å². The topological polar surface area (TPSA) is 0 Å². The van der Waals surface area contributed by atoms with E-state index in [0.717, 1.165) is 11.8 Å². The summed E-state index contributed by atoms with van der Waals surface area (Å²) < 4.78 is 0. The van der Waals surface area contributed by atoms with Crippen molar-refractivity contribution in [1.82, 2.24) is 0 Å². The monoisotopic (exact) mass is 266 g/mol. The molecule has 0 saturated heterocycles.